The van der Waals surface area contributed by atoms with Gasteiger partial charge < -0.3 is 15.1 Å². The van der Waals surface area contributed by atoms with Crippen molar-refractivity contribution >= 4 is 17.5 Å². The highest BCUT2D eigenvalue weighted by Gasteiger charge is 2.26. The van der Waals surface area contributed by atoms with E-state index in [0.717, 1.165) is 36.3 Å². The van der Waals surface area contributed by atoms with Gasteiger partial charge in [-0.05, 0) is 56.3 Å². The van der Waals surface area contributed by atoms with E-state index in [1.54, 1.807) is 11.8 Å². The van der Waals surface area contributed by atoms with Gasteiger partial charge in [0.1, 0.15) is 0 Å². The number of carbonyl (C=O) groups excluding carboxylic acids is 2. The topological polar surface area (TPSA) is 52.7 Å². The van der Waals surface area contributed by atoms with Crippen LogP contribution in [0.2, 0.25) is 0 Å². The normalized spacial score (nSPS) is 17.1. The maximum absolute atomic E-state index is 12.4. The van der Waals surface area contributed by atoms with E-state index in [0.29, 0.717) is 5.56 Å². The van der Waals surface area contributed by atoms with E-state index in [2.05, 4.69) is 17.3 Å². The first-order chi connectivity index (χ1) is 12.4. The van der Waals surface area contributed by atoms with Crippen LogP contribution in [0.25, 0.3) is 11.1 Å². The summed E-state index contributed by atoms with van der Waals surface area (Å²) in [5, 5.41) is 2.96. The molecule has 136 valence electrons. The Hall–Kier alpha value is -2.66. The fraction of sp³-hybridized carbons (Fsp3) is 0.333. The molecule has 0 spiro atoms. The van der Waals surface area contributed by atoms with Gasteiger partial charge in [0.15, 0.2) is 5.78 Å². The molecule has 26 heavy (non-hydrogen) atoms. The molecular weight excluding hydrogens is 326 g/mol. The third-order valence-corrected chi connectivity index (χ3v) is 4.97. The van der Waals surface area contributed by atoms with Crippen LogP contribution in [0.1, 0.15) is 23.7 Å². The second-order valence-electron chi connectivity index (χ2n) is 6.96. The van der Waals surface area contributed by atoms with Gasteiger partial charge in [0.05, 0.1) is 0 Å². The second-order valence-corrected chi connectivity index (χ2v) is 6.96. The SMILES string of the molecule is CC(=O)c1cccc(-c2ccc(NC(=O)N(C)C3CCN(C)C3)cc2)c1. The van der Waals surface area contributed by atoms with Crippen LogP contribution in [-0.2, 0) is 0 Å². The number of likely N-dealkylation sites (N-methyl/N-ethyl adjacent to an activating group) is 2. The van der Waals surface area contributed by atoms with Crippen LogP contribution in [0, 0.1) is 0 Å². The standard InChI is InChI=1S/C21H25N3O2/c1-15(25)17-5-4-6-18(13-17)16-7-9-19(10-8-16)22-21(26)24(3)20-11-12-23(2)14-20/h4-10,13,20H,11-12,14H2,1-3H3,(H,22,26). The summed E-state index contributed by atoms with van der Waals surface area (Å²) in [7, 11) is 3.92. The number of anilines is 1. The highest BCUT2D eigenvalue weighted by atomic mass is 16.2. The molecule has 0 saturated carbocycles. The van der Waals surface area contributed by atoms with Crippen LogP contribution in [0.3, 0.4) is 0 Å². The lowest BCUT2D eigenvalue weighted by Crippen LogP contribution is -2.41. The first-order valence-electron chi connectivity index (χ1n) is 8.88. The van der Waals surface area contributed by atoms with Crippen molar-refractivity contribution in [3.63, 3.8) is 0 Å². The Morgan fingerprint density at radius 2 is 1.85 bits per heavy atom. The van der Waals surface area contributed by atoms with Crippen molar-refractivity contribution in [2.75, 3.05) is 32.5 Å². The number of hydrogen-bond acceptors (Lipinski definition) is 3. The van der Waals surface area contributed by atoms with Crippen LogP contribution < -0.4 is 5.32 Å². The molecular formula is C21H25N3O2. The van der Waals surface area contributed by atoms with Gasteiger partial charge >= 0.3 is 6.03 Å². The Kier molecular flexibility index (Phi) is 5.38. The molecule has 1 atom stereocenters. The van der Waals surface area contributed by atoms with Crippen molar-refractivity contribution in [2.45, 2.75) is 19.4 Å². The maximum Gasteiger partial charge on any atom is 0.321 e. The van der Waals surface area contributed by atoms with E-state index >= 15 is 0 Å². The number of Topliss-reactive ketones (excluding diaryl/α,β-unsaturated/α-hetero) is 1. The second kappa shape index (κ2) is 7.70. The number of hydrogen-bond donors (Lipinski definition) is 1. The molecule has 0 radical (unpaired) electrons. The number of rotatable bonds is 4. The molecule has 1 heterocycles. The zero-order valence-electron chi connectivity index (χ0n) is 15.5. The maximum atomic E-state index is 12.4. The highest BCUT2D eigenvalue weighted by Crippen LogP contribution is 2.23. The first kappa shape index (κ1) is 18.1. The summed E-state index contributed by atoms with van der Waals surface area (Å²) in [5.74, 6) is 0.0522. The summed E-state index contributed by atoms with van der Waals surface area (Å²) in [6.07, 6.45) is 1.01. The van der Waals surface area contributed by atoms with Crippen molar-refractivity contribution in [3.05, 3.63) is 54.1 Å². The smallest absolute Gasteiger partial charge is 0.321 e. The Morgan fingerprint density at radius 1 is 1.12 bits per heavy atom. The monoisotopic (exact) mass is 351 g/mol. The molecule has 0 aromatic heterocycles. The van der Waals surface area contributed by atoms with Crippen molar-refractivity contribution in [3.8, 4) is 11.1 Å². The minimum Gasteiger partial charge on any atom is -0.323 e. The predicted molar refractivity (Wildman–Crippen MR) is 105 cm³/mol. The number of benzene rings is 2. The van der Waals surface area contributed by atoms with Gasteiger partial charge in [-0.15, -0.1) is 0 Å². The highest BCUT2D eigenvalue weighted by molar-refractivity contribution is 5.95. The van der Waals surface area contributed by atoms with Gasteiger partial charge in [-0.25, -0.2) is 4.79 Å². The molecule has 2 aromatic rings. The van der Waals surface area contributed by atoms with Crippen molar-refractivity contribution in [1.29, 1.82) is 0 Å². The zero-order valence-corrected chi connectivity index (χ0v) is 15.5. The Balaban J connectivity index is 1.67. The average Bonchev–Trinajstić information content (AvgIpc) is 3.08. The number of carbonyl (C=O) groups is 2. The molecule has 3 rings (SSSR count). The molecule has 1 fully saturated rings. The van der Waals surface area contributed by atoms with E-state index in [1.165, 1.54) is 0 Å². The third-order valence-electron chi connectivity index (χ3n) is 4.97. The van der Waals surface area contributed by atoms with Gasteiger partial charge in [0.25, 0.3) is 0 Å². The molecule has 0 bridgehead atoms. The van der Waals surface area contributed by atoms with E-state index in [9.17, 15) is 9.59 Å². The Labute approximate surface area is 154 Å². The van der Waals surface area contributed by atoms with Crippen molar-refractivity contribution in [2.24, 2.45) is 0 Å². The number of urea groups is 1. The van der Waals surface area contributed by atoms with Crippen LogP contribution >= 0.6 is 0 Å². The largest absolute Gasteiger partial charge is 0.323 e. The molecule has 5 heteroatoms. The Morgan fingerprint density at radius 3 is 2.46 bits per heavy atom. The predicted octanol–water partition coefficient (Wildman–Crippen LogP) is 3.72. The lowest BCUT2D eigenvalue weighted by Gasteiger charge is -2.24. The lowest BCUT2D eigenvalue weighted by atomic mass is 10.0. The quantitative estimate of drug-likeness (QED) is 0.854. The van der Waals surface area contributed by atoms with E-state index in [1.807, 2.05) is 55.6 Å². The number of nitrogens with one attached hydrogen (secondary N) is 1. The number of ketones is 1. The van der Waals surface area contributed by atoms with Crippen LogP contribution in [-0.4, -0.2) is 54.8 Å². The van der Waals surface area contributed by atoms with Crippen LogP contribution in [0.15, 0.2) is 48.5 Å². The van der Waals surface area contributed by atoms with Gasteiger partial charge in [-0.2, -0.15) is 0 Å². The molecule has 1 aliphatic heterocycles. The third kappa shape index (κ3) is 4.11. The Bertz CT molecular complexity index is 801. The molecule has 2 amide bonds. The van der Waals surface area contributed by atoms with Gasteiger partial charge in [0, 0.05) is 30.9 Å². The van der Waals surface area contributed by atoms with E-state index in [4.69, 9.17) is 0 Å². The minimum atomic E-state index is -0.0865. The number of likely N-dealkylation sites (tertiary alicyclic amines) is 1. The van der Waals surface area contributed by atoms with Gasteiger partial charge in [0.2, 0.25) is 0 Å². The number of amides is 2. The first-order valence-corrected chi connectivity index (χ1v) is 8.88. The minimum absolute atomic E-state index is 0.0522. The molecule has 5 nitrogen and oxygen atoms in total. The fourth-order valence-corrected chi connectivity index (χ4v) is 3.27. The average molecular weight is 351 g/mol. The fourth-order valence-electron chi connectivity index (χ4n) is 3.27. The van der Waals surface area contributed by atoms with Crippen molar-refractivity contribution < 1.29 is 9.59 Å². The molecule has 1 saturated heterocycles. The number of nitrogens with zero attached hydrogens (tertiary/aromatic N) is 2. The van der Waals surface area contributed by atoms with Crippen LogP contribution in [0.5, 0.6) is 0 Å². The molecule has 1 N–H and O–H groups in total. The summed E-state index contributed by atoms with van der Waals surface area (Å²) >= 11 is 0. The molecule has 1 aliphatic rings. The van der Waals surface area contributed by atoms with E-state index in [-0.39, 0.29) is 17.9 Å². The van der Waals surface area contributed by atoms with Crippen LogP contribution in [0.4, 0.5) is 10.5 Å². The summed E-state index contributed by atoms with van der Waals surface area (Å²) in [6, 6.07) is 15.4. The van der Waals surface area contributed by atoms with E-state index < -0.39 is 0 Å². The summed E-state index contributed by atoms with van der Waals surface area (Å²) < 4.78 is 0. The molecule has 1 unspecified atom stereocenters. The molecule has 0 aliphatic carbocycles. The molecule has 2 aromatic carbocycles. The van der Waals surface area contributed by atoms with Gasteiger partial charge in [-0.1, -0.05) is 30.3 Å². The zero-order chi connectivity index (χ0) is 18.7. The summed E-state index contributed by atoms with van der Waals surface area (Å²) in [4.78, 5) is 28.0. The lowest BCUT2D eigenvalue weighted by molar-refractivity contribution is 0.101. The summed E-state index contributed by atoms with van der Waals surface area (Å²) in [6.45, 7) is 3.50. The summed E-state index contributed by atoms with van der Waals surface area (Å²) in [5.41, 5.74) is 3.46. The van der Waals surface area contributed by atoms with Crippen molar-refractivity contribution in [1.82, 2.24) is 9.80 Å². The van der Waals surface area contributed by atoms with Gasteiger partial charge in [-0.3, -0.25) is 4.79 Å².